The zero-order chi connectivity index (χ0) is 22.4. The van der Waals surface area contributed by atoms with Gasteiger partial charge >= 0.3 is 0 Å². The molecule has 2 aromatic rings. The lowest BCUT2D eigenvalue weighted by Crippen LogP contribution is -2.07. The highest BCUT2D eigenvalue weighted by Gasteiger charge is 2.15. The van der Waals surface area contributed by atoms with Gasteiger partial charge in [0.1, 0.15) is 5.69 Å². The number of halogens is 2. The lowest BCUT2D eigenvalue weighted by atomic mass is 10.2. The van der Waals surface area contributed by atoms with Gasteiger partial charge in [0.25, 0.3) is 5.69 Å². The van der Waals surface area contributed by atoms with Gasteiger partial charge in [-0.25, -0.2) is 0 Å². The van der Waals surface area contributed by atoms with Crippen molar-refractivity contribution >= 4 is 46.0 Å². The van der Waals surface area contributed by atoms with E-state index in [9.17, 15) is 10.1 Å². The van der Waals surface area contributed by atoms with Crippen molar-refractivity contribution in [2.24, 2.45) is 0 Å². The minimum atomic E-state index is -0.454. The van der Waals surface area contributed by atoms with Gasteiger partial charge in [-0.2, -0.15) is 0 Å². The molecule has 0 aliphatic heterocycles. The molecule has 0 amide bonds. The second-order valence-corrected chi connectivity index (χ2v) is 6.96. The minimum Gasteiger partial charge on any atom is -0.397 e. The van der Waals surface area contributed by atoms with Crippen molar-refractivity contribution in [1.82, 2.24) is 0 Å². The molecule has 0 aliphatic carbocycles. The van der Waals surface area contributed by atoms with Crippen LogP contribution in [0.5, 0.6) is 0 Å². The van der Waals surface area contributed by atoms with E-state index in [-0.39, 0.29) is 5.69 Å². The molecule has 4 N–H and O–H groups in total. The number of anilines is 3. The van der Waals surface area contributed by atoms with Crippen LogP contribution in [-0.2, 0) is 9.47 Å². The molecule has 2 rings (SSSR count). The lowest BCUT2D eigenvalue weighted by Gasteiger charge is -2.10. The number of nitro groups is 1. The number of nitrogen functional groups attached to an aromatic ring is 1. The third-order valence-corrected chi connectivity index (χ3v) is 4.52. The van der Waals surface area contributed by atoms with Crippen LogP contribution in [0.2, 0.25) is 10.0 Å². The number of ether oxygens (including phenoxy) is 2. The predicted octanol–water partition coefficient (Wildman–Crippen LogP) is 5.07. The molecular weight excluding hydrogens is 431 g/mol. The van der Waals surface area contributed by atoms with Gasteiger partial charge in [-0.1, -0.05) is 35.3 Å². The number of methoxy groups -OCH3 is 2. The summed E-state index contributed by atoms with van der Waals surface area (Å²) in [6, 6.07) is 10.1. The fourth-order valence-corrected chi connectivity index (χ4v) is 2.91. The molecule has 0 aromatic heterocycles. The average Bonchev–Trinajstić information content (AvgIpc) is 2.71. The van der Waals surface area contributed by atoms with E-state index >= 15 is 0 Å². The van der Waals surface area contributed by atoms with Crippen molar-refractivity contribution in [3.05, 3.63) is 56.6 Å². The maximum absolute atomic E-state index is 10.7. The number of para-hydroxylation sites is 2. The average molecular weight is 459 g/mol. The fraction of sp³-hybridized carbons (Fsp3) is 0.400. The maximum Gasteiger partial charge on any atom is 0.293 e. The predicted molar refractivity (Wildman–Crippen MR) is 124 cm³/mol. The van der Waals surface area contributed by atoms with Crippen molar-refractivity contribution < 1.29 is 14.4 Å². The molecular formula is C20H28Cl2N4O4. The Balaban J connectivity index is 0.000000303. The highest BCUT2D eigenvalue weighted by Crippen LogP contribution is 2.31. The highest BCUT2D eigenvalue weighted by molar-refractivity contribution is 6.34. The van der Waals surface area contributed by atoms with Crippen LogP contribution >= 0.6 is 23.2 Å². The van der Waals surface area contributed by atoms with E-state index < -0.39 is 4.92 Å². The van der Waals surface area contributed by atoms with Gasteiger partial charge in [0.15, 0.2) is 0 Å². The lowest BCUT2D eigenvalue weighted by molar-refractivity contribution is -0.383. The Morgan fingerprint density at radius 3 is 1.93 bits per heavy atom. The molecule has 0 aliphatic rings. The SMILES string of the molecule is COCCCNc1c(Cl)cccc1[N+](=O)[O-].COCCCNc1c(N)cccc1Cl. The molecule has 0 saturated carbocycles. The van der Waals surface area contributed by atoms with E-state index in [1.54, 1.807) is 26.4 Å². The van der Waals surface area contributed by atoms with Crippen LogP contribution in [0.25, 0.3) is 0 Å². The first-order valence-electron chi connectivity index (χ1n) is 9.34. The molecule has 0 saturated heterocycles. The number of nitrogens with zero attached hydrogens (tertiary/aromatic N) is 1. The smallest absolute Gasteiger partial charge is 0.293 e. The molecule has 8 nitrogen and oxygen atoms in total. The van der Waals surface area contributed by atoms with Crippen molar-refractivity contribution in [2.75, 3.05) is 56.9 Å². The Bertz CT molecular complexity index is 773. The quantitative estimate of drug-likeness (QED) is 0.186. The van der Waals surface area contributed by atoms with E-state index in [1.807, 2.05) is 18.2 Å². The molecule has 30 heavy (non-hydrogen) atoms. The van der Waals surface area contributed by atoms with Crippen LogP contribution in [0.15, 0.2) is 36.4 Å². The van der Waals surface area contributed by atoms with Gasteiger partial charge in [0.2, 0.25) is 0 Å². The summed E-state index contributed by atoms with van der Waals surface area (Å²) in [5.74, 6) is 0. The number of nitrogens with one attached hydrogen (secondary N) is 2. The Hall–Kier alpha value is -2.26. The Morgan fingerprint density at radius 2 is 1.43 bits per heavy atom. The Morgan fingerprint density at radius 1 is 0.933 bits per heavy atom. The molecule has 0 radical (unpaired) electrons. The van der Waals surface area contributed by atoms with Gasteiger partial charge in [-0.15, -0.1) is 0 Å². The number of nitrogens with two attached hydrogens (primary N) is 1. The van der Waals surface area contributed by atoms with Crippen molar-refractivity contribution in [3.8, 4) is 0 Å². The fourth-order valence-electron chi connectivity index (χ4n) is 2.43. The number of benzene rings is 2. The van der Waals surface area contributed by atoms with Gasteiger partial charge in [0, 0.05) is 46.6 Å². The molecule has 166 valence electrons. The molecule has 0 spiro atoms. The van der Waals surface area contributed by atoms with Gasteiger partial charge in [0.05, 0.1) is 26.3 Å². The third kappa shape index (κ3) is 9.04. The standard InChI is InChI=1S/C10H13ClN2O3.C10H15ClN2O/c1-16-7-3-6-12-10-8(11)4-2-5-9(10)13(14)15;1-14-7-3-6-13-10-8(11)4-2-5-9(10)12/h2,4-5,12H,3,6-7H2,1H3;2,4-5,13H,3,6-7,12H2,1H3. The summed E-state index contributed by atoms with van der Waals surface area (Å²) in [5, 5.41) is 17.9. The van der Waals surface area contributed by atoms with Crippen LogP contribution in [0.1, 0.15) is 12.8 Å². The van der Waals surface area contributed by atoms with E-state index in [2.05, 4.69) is 10.6 Å². The molecule has 0 fully saturated rings. The molecule has 0 bridgehead atoms. The zero-order valence-corrected chi connectivity index (χ0v) is 18.6. The first kappa shape index (κ1) is 25.8. The summed E-state index contributed by atoms with van der Waals surface area (Å²) < 4.78 is 9.82. The summed E-state index contributed by atoms with van der Waals surface area (Å²) in [6.45, 7) is 2.72. The highest BCUT2D eigenvalue weighted by atomic mass is 35.5. The van der Waals surface area contributed by atoms with E-state index in [0.29, 0.717) is 34.6 Å². The molecule has 10 heteroatoms. The van der Waals surface area contributed by atoms with Crippen LogP contribution < -0.4 is 16.4 Å². The summed E-state index contributed by atoms with van der Waals surface area (Å²) in [6.07, 6.45) is 1.69. The molecule has 0 heterocycles. The molecule has 2 aromatic carbocycles. The first-order valence-corrected chi connectivity index (χ1v) is 10.1. The Kier molecular flexibility index (Phi) is 12.6. The number of rotatable bonds is 11. The summed E-state index contributed by atoms with van der Waals surface area (Å²) >= 11 is 11.9. The number of hydrogen-bond acceptors (Lipinski definition) is 7. The van der Waals surface area contributed by atoms with E-state index in [0.717, 1.165) is 31.7 Å². The number of hydrogen-bond donors (Lipinski definition) is 3. The van der Waals surface area contributed by atoms with Crippen LogP contribution in [0.4, 0.5) is 22.7 Å². The van der Waals surface area contributed by atoms with Crippen LogP contribution in [-0.4, -0.2) is 45.4 Å². The van der Waals surface area contributed by atoms with Crippen molar-refractivity contribution in [2.45, 2.75) is 12.8 Å². The topological polar surface area (TPSA) is 112 Å². The maximum atomic E-state index is 10.7. The van der Waals surface area contributed by atoms with Gasteiger partial charge < -0.3 is 25.8 Å². The molecule has 0 unspecified atom stereocenters. The van der Waals surface area contributed by atoms with Gasteiger partial charge in [-0.3, -0.25) is 10.1 Å². The first-order chi connectivity index (χ1) is 14.4. The number of nitro benzene ring substituents is 1. The largest absolute Gasteiger partial charge is 0.397 e. The van der Waals surface area contributed by atoms with Gasteiger partial charge in [-0.05, 0) is 31.0 Å². The van der Waals surface area contributed by atoms with Crippen LogP contribution in [0, 0.1) is 10.1 Å². The van der Waals surface area contributed by atoms with Crippen molar-refractivity contribution in [3.63, 3.8) is 0 Å². The normalized spacial score (nSPS) is 10.1. The van der Waals surface area contributed by atoms with E-state index in [4.69, 9.17) is 38.4 Å². The van der Waals surface area contributed by atoms with E-state index in [1.165, 1.54) is 6.07 Å². The minimum absolute atomic E-state index is 0.00934. The molecule has 0 atom stereocenters. The third-order valence-electron chi connectivity index (χ3n) is 3.89. The summed E-state index contributed by atoms with van der Waals surface area (Å²) in [5.41, 5.74) is 7.60. The second kappa shape index (κ2) is 14.7. The Labute approximate surface area is 186 Å². The second-order valence-electron chi connectivity index (χ2n) is 6.14. The summed E-state index contributed by atoms with van der Waals surface area (Å²) in [7, 11) is 3.29. The van der Waals surface area contributed by atoms with Crippen LogP contribution in [0.3, 0.4) is 0 Å². The monoisotopic (exact) mass is 458 g/mol. The summed E-state index contributed by atoms with van der Waals surface area (Å²) in [4.78, 5) is 10.3. The zero-order valence-electron chi connectivity index (χ0n) is 17.1. The van der Waals surface area contributed by atoms with Crippen molar-refractivity contribution in [1.29, 1.82) is 0 Å².